The highest BCUT2D eigenvalue weighted by atomic mass is 35.5. The highest BCUT2D eigenvalue weighted by Crippen LogP contribution is 2.37. The van der Waals surface area contributed by atoms with Gasteiger partial charge in [0.25, 0.3) is 23.2 Å². The number of hydrogen-bond acceptors (Lipinski definition) is 9. The maximum Gasteiger partial charge on any atom is 0.284 e. The van der Waals surface area contributed by atoms with Crippen LogP contribution < -0.4 is 0 Å². The molecule has 0 saturated heterocycles. The van der Waals surface area contributed by atoms with E-state index in [9.17, 15) is 20.2 Å². The molecule has 5 aromatic rings. The Bertz CT molecular complexity index is 1490. The maximum atomic E-state index is 10.9. The third kappa shape index (κ3) is 4.25. The monoisotopic (exact) mass is 512 g/mol. The molecular formula is C22H10Cl2N4O7. The summed E-state index contributed by atoms with van der Waals surface area (Å²) in [5, 5.41) is 30.0. The molecule has 0 unspecified atom stereocenters. The van der Waals surface area contributed by atoms with Crippen LogP contribution in [-0.2, 0) is 0 Å². The lowest BCUT2D eigenvalue weighted by Crippen LogP contribution is -1.88. The Hall–Kier alpha value is -4.48. The average Bonchev–Trinajstić information content (AvgIpc) is 3.58. The zero-order valence-corrected chi connectivity index (χ0v) is 18.7. The Kier molecular flexibility index (Phi) is 5.55. The molecule has 3 heterocycles. The normalized spacial score (nSPS) is 11.0. The van der Waals surface area contributed by atoms with Gasteiger partial charge < -0.3 is 13.3 Å². The molecule has 35 heavy (non-hydrogen) atoms. The van der Waals surface area contributed by atoms with E-state index < -0.39 is 9.85 Å². The first kappa shape index (κ1) is 22.3. The van der Waals surface area contributed by atoms with Gasteiger partial charge in [0.05, 0.1) is 19.9 Å². The van der Waals surface area contributed by atoms with Crippen molar-refractivity contribution in [2.45, 2.75) is 0 Å². The van der Waals surface area contributed by atoms with Crippen molar-refractivity contribution < 1.29 is 23.1 Å². The van der Waals surface area contributed by atoms with E-state index in [-0.39, 0.29) is 44.7 Å². The van der Waals surface area contributed by atoms with Crippen LogP contribution in [0.4, 0.5) is 11.4 Å². The summed E-state index contributed by atoms with van der Waals surface area (Å²) in [5.41, 5.74) is 0.637. The minimum atomic E-state index is -0.543. The number of nitro groups is 2. The molecule has 174 valence electrons. The number of rotatable bonds is 6. The van der Waals surface area contributed by atoms with Gasteiger partial charge in [0.2, 0.25) is 0 Å². The van der Waals surface area contributed by atoms with Gasteiger partial charge in [0.1, 0.15) is 11.5 Å². The van der Waals surface area contributed by atoms with E-state index in [1.165, 1.54) is 36.4 Å². The number of furan rings is 2. The van der Waals surface area contributed by atoms with Gasteiger partial charge in [-0.05, 0) is 36.4 Å². The van der Waals surface area contributed by atoms with Gasteiger partial charge in [-0.3, -0.25) is 20.2 Å². The predicted molar refractivity (Wildman–Crippen MR) is 124 cm³/mol. The largest absolute Gasteiger partial charge is 0.451 e. The number of aromatic nitrogens is 2. The van der Waals surface area contributed by atoms with Crippen molar-refractivity contribution in [2.75, 3.05) is 0 Å². The van der Waals surface area contributed by atoms with Crippen molar-refractivity contribution in [3.8, 4) is 45.9 Å². The molecule has 2 aromatic carbocycles. The van der Waals surface area contributed by atoms with E-state index in [2.05, 4.69) is 10.2 Å². The van der Waals surface area contributed by atoms with E-state index in [1.54, 1.807) is 24.3 Å². The minimum absolute atomic E-state index is 0.0654. The number of non-ortho nitro benzene ring substituents is 2. The quantitative estimate of drug-likeness (QED) is 0.172. The molecule has 0 fully saturated rings. The van der Waals surface area contributed by atoms with Crippen LogP contribution in [-0.4, -0.2) is 20.0 Å². The zero-order chi connectivity index (χ0) is 24.7. The molecule has 0 aliphatic rings. The molecule has 5 rings (SSSR count). The van der Waals surface area contributed by atoms with Crippen LogP contribution in [0.25, 0.3) is 45.9 Å². The molecule has 0 radical (unpaired) electrons. The molecule has 0 atom stereocenters. The summed E-state index contributed by atoms with van der Waals surface area (Å²) < 4.78 is 17.2. The van der Waals surface area contributed by atoms with E-state index in [0.717, 1.165) is 0 Å². The minimum Gasteiger partial charge on any atom is -0.451 e. The van der Waals surface area contributed by atoms with Crippen molar-refractivity contribution in [3.63, 3.8) is 0 Å². The Morgan fingerprint density at radius 3 is 1.37 bits per heavy atom. The number of halogens is 2. The summed E-state index contributed by atoms with van der Waals surface area (Å²) in [5.74, 6) is 1.34. The van der Waals surface area contributed by atoms with Crippen LogP contribution in [0.2, 0.25) is 10.0 Å². The third-order valence-corrected chi connectivity index (χ3v) is 5.54. The first-order chi connectivity index (χ1) is 16.8. The predicted octanol–water partition coefficient (Wildman–Crippen LogP) is 7.05. The lowest BCUT2D eigenvalue weighted by Gasteiger charge is -2.00. The van der Waals surface area contributed by atoms with Crippen LogP contribution >= 0.6 is 23.2 Å². The lowest BCUT2D eigenvalue weighted by molar-refractivity contribution is -0.385. The van der Waals surface area contributed by atoms with E-state index in [0.29, 0.717) is 22.6 Å². The SMILES string of the molecule is O=[N+]([O-])c1ccc(-c2ccc(-c3nnc(-c4ccc(-c5ccc([N+](=O)[O-])cc5Cl)o4)o3)o2)c(Cl)c1. The summed E-state index contributed by atoms with van der Waals surface area (Å²) in [7, 11) is 0. The van der Waals surface area contributed by atoms with Crippen LogP contribution in [0.3, 0.4) is 0 Å². The molecule has 11 nitrogen and oxygen atoms in total. The number of benzene rings is 2. The van der Waals surface area contributed by atoms with Crippen LogP contribution in [0.5, 0.6) is 0 Å². The Labute approximate surface area is 204 Å². The average molecular weight is 513 g/mol. The van der Waals surface area contributed by atoms with Crippen molar-refractivity contribution in [1.82, 2.24) is 10.2 Å². The zero-order valence-electron chi connectivity index (χ0n) is 17.2. The molecule has 0 amide bonds. The van der Waals surface area contributed by atoms with Gasteiger partial charge in [-0.25, -0.2) is 0 Å². The van der Waals surface area contributed by atoms with Crippen LogP contribution in [0.1, 0.15) is 0 Å². The third-order valence-electron chi connectivity index (χ3n) is 4.92. The van der Waals surface area contributed by atoms with Crippen molar-refractivity contribution in [3.05, 3.63) is 90.9 Å². The first-order valence-electron chi connectivity index (χ1n) is 9.72. The number of nitrogens with zero attached hydrogens (tertiary/aromatic N) is 4. The molecule has 0 N–H and O–H groups in total. The molecular weight excluding hydrogens is 503 g/mol. The molecule has 0 spiro atoms. The standard InChI is InChI=1S/C22H10Cl2N4O7/c23-15-9-11(27(29)30)1-3-13(15)17-5-7-19(33-17)21-25-26-22(35-21)20-8-6-18(34-20)14-4-2-12(28(31)32)10-16(14)24/h1-10H. The van der Waals surface area contributed by atoms with Crippen molar-refractivity contribution >= 4 is 34.6 Å². The van der Waals surface area contributed by atoms with Crippen LogP contribution in [0.15, 0.2) is 73.9 Å². The van der Waals surface area contributed by atoms with Gasteiger partial charge >= 0.3 is 0 Å². The van der Waals surface area contributed by atoms with Crippen molar-refractivity contribution in [2.24, 2.45) is 0 Å². The molecule has 0 bridgehead atoms. The van der Waals surface area contributed by atoms with Gasteiger partial charge in [-0.15, -0.1) is 10.2 Å². The van der Waals surface area contributed by atoms with Gasteiger partial charge in [-0.2, -0.15) is 0 Å². The second-order valence-corrected chi connectivity index (χ2v) is 7.90. The fraction of sp³-hybridized carbons (Fsp3) is 0. The summed E-state index contributed by atoms with van der Waals surface area (Å²) in [6.07, 6.45) is 0. The highest BCUT2D eigenvalue weighted by Gasteiger charge is 2.20. The van der Waals surface area contributed by atoms with E-state index >= 15 is 0 Å². The fourth-order valence-electron chi connectivity index (χ4n) is 3.25. The Morgan fingerprint density at radius 2 is 1.00 bits per heavy atom. The van der Waals surface area contributed by atoms with E-state index in [1.807, 2.05) is 0 Å². The lowest BCUT2D eigenvalue weighted by atomic mass is 10.1. The van der Waals surface area contributed by atoms with Crippen molar-refractivity contribution in [1.29, 1.82) is 0 Å². The number of nitro benzene ring substituents is 2. The second kappa shape index (κ2) is 8.70. The second-order valence-electron chi connectivity index (χ2n) is 7.08. The van der Waals surface area contributed by atoms with E-state index in [4.69, 9.17) is 36.5 Å². The molecule has 0 aliphatic carbocycles. The molecule has 0 saturated carbocycles. The van der Waals surface area contributed by atoms with Gasteiger partial charge in [-0.1, -0.05) is 23.2 Å². The molecule has 0 aliphatic heterocycles. The fourth-order valence-corrected chi connectivity index (χ4v) is 3.79. The van der Waals surface area contributed by atoms with Gasteiger partial charge in [0, 0.05) is 35.4 Å². The number of hydrogen-bond donors (Lipinski definition) is 0. The van der Waals surface area contributed by atoms with Crippen LogP contribution in [0, 0.1) is 20.2 Å². The topological polar surface area (TPSA) is 151 Å². The molecule has 13 heteroatoms. The summed E-state index contributed by atoms with van der Waals surface area (Å²) in [6, 6.07) is 14.5. The summed E-state index contributed by atoms with van der Waals surface area (Å²) in [6.45, 7) is 0. The van der Waals surface area contributed by atoms with Gasteiger partial charge in [0.15, 0.2) is 11.5 Å². The summed E-state index contributed by atoms with van der Waals surface area (Å²) >= 11 is 12.3. The Morgan fingerprint density at radius 1 is 0.600 bits per heavy atom. The highest BCUT2D eigenvalue weighted by molar-refractivity contribution is 6.33. The first-order valence-corrected chi connectivity index (χ1v) is 10.5. The molecule has 3 aromatic heterocycles. The Balaban J connectivity index is 1.39. The summed E-state index contributed by atoms with van der Waals surface area (Å²) in [4.78, 5) is 20.7. The maximum absolute atomic E-state index is 10.9. The smallest absolute Gasteiger partial charge is 0.284 e.